The summed E-state index contributed by atoms with van der Waals surface area (Å²) in [5, 5.41) is 0.850. The van der Waals surface area contributed by atoms with Gasteiger partial charge in [0.1, 0.15) is 0 Å². The molecule has 0 amide bonds. The number of halogens is 3. The van der Waals surface area contributed by atoms with Gasteiger partial charge < -0.3 is 0 Å². The zero-order valence-corrected chi connectivity index (χ0v) is 11.4. The monoisotopic (exact) mass is 372 g/mol. The molecule has 0 unspecified atom stereocenters. The molecule has 1 rings (SSSR count). The number of hydrogen-bond donors (Lipinski definition) is 0. The number of Topliss-reactive ketones (excluding diaryl/α,β-unsaturated/α-hetero) is 1. The van der Waals surface area contributed by atoms with Crippen molar-refractivity contribution in [2.24, 2.45) is 0 Å². The van der Waals surface area contributed by atoms with Gasteiger partial charge in [0.25, 0.3) is 0 Å². The molecule has 1 aromatic rings. The molecule has 13 heavy (non-hydrogen) atoms. The smallest absolute Gasteiger partial charge is 0.175 e. The largest absolute Gasteiger partial charge is 0.293 e. The van der Waals surface area contributed by atoms with E-state index in [0.717, 1.165) is 9.13 Å². The van der Waals surface area contributed by atoms with Crippen LogP contribution in [-0.2, 0) is 0 Å². The van der Waals surface area contributed by atoms with Gasteiger partial charge in [-0.05, 0) is 47.2 Å². The molecule has 4 heteroatoms. The van der Waals surface area contributed by atoms with Crippen LogP contribution < -0.4 is 0 Å². The van der Waals surface area contributed by atoms with Gasteiger partial charge in [0.05, 0.1) is 10.4 Å². The van der Waals surface area contributed by atoms with Crippen molar-refractivity contribution in [3.8, 4) is 0 Å². The number of rotatable bonds is 2. The molecule has 0 spiro atoms. The molecule has 0 saturated heterocycles. The SMILES string of the molecule is Cc1cc(I)cc(Cl)c1C(=O)CBr. The van der Waals surface area contributed by atoms with Gasteiger partial charge in [-0.15, -0.1) is 0 Å². The topological polar surface area (TPSA) is 17.1 Å². The lowest BCUT2D eigenvalue weighted by molar-refractivity contribution is 0.102. The second-order valence-electron chi connectivity index (χ2n) is 2.64. The van der Waals surface area contributed by atoms with Gasteiger partial charge in [-0.1, -0.05) is 27.5 Å². The predicted octanol–water partition coefficient (Wildman–Crippen LogP) is 3.83. The van der Waals surface area contributed by atoms with Gasteiger partial charge in [-0.25, -0.2) is 0 Å². The fraction of sp³-hybridized carbons (Fsp3) is 0.222. The number of aryl methyl sites for hydroxylation is 1. The summed E-state index contributed by atoms with van der Waals surface area (Å²) in [5.74, 6) is 0.0268. The third-order valence-corrected chi connectivity index (χ3v) is 3.08. The van der Waals surface area contributed by atoms with Crippen molar-refractivity contribution in [2.45, 2.75) is 6.92 Å². The molecule has 1 aromatic carbocycles. The van der Waals surface area contributed by atoms with E-state index in [1.165, 1.54) is 0 Å². The third-order valence-electron chi connectivity index (χ3n) is 1.65. The van der Waals surface area contributed by atoms with Crippen molar-refractivity contribution in [1.82, 2.24) is 0 Å². The molecular weight excluding hydrogens is 366 g/mol. The van der Waals surface area contributed by atoms with Gasteiger partial charge in [0.2, 0.25) is 0 Å². The summed E-state index contributed by atoms with van der Waals surface area (Å²) in [6, 6.07) is 3.74. The van der Waals surface area contributed by atoms with E-state index in [1.807, 2.05) is 13.0 Å². The summed E-state index contributed by atoms with van der Waals surface area (Å²) in [5.41, 5.74) is 1.56. The predicted molar refractivity (Wildman–Crippen MR) is 67.0 cm³/mol. The number of alkyl halides is 1. The molecule has 0 saturated carbocycles. The molecule has 0 aromatic heterocycles. The quantitative estimate of drug-likeness (QED) is 0.437. The van der Waals surface area contributed by atoms with Crippen LogP contribution in [0.3, 0.4) is 0 Å². The normalized spacial score (nSPS) is 10.2. The Morgan fingerprint density at radius 1 is 1.62 bits per heavy atom. The zero-order chi connectivity index (χ0) is 10.0. The van der Waals surface area contributed by atoms with Crippen LogP contribution >= 0.6 is 50.1 Å². The van der Waals surface area contributed by atoms with E-state index in [0.29, 0.717) is 15.9 Å². The van der Waals surface area contributed by atoms with E-state index in [9.17, 15) is 4.79 Å². The minimum atomic E-state index is 0.0268. The molecule has 0 aliphatic heterocycles. The molecule has 0 fully saturated rings. The molecule has 70 valence electrons. The Kier molecular flexibility index (Phi) is 4.19. The summed E-state index contributed by atoms with van der Waals surface area (Å²) in [6.07, 6.45) is 0. The Balaban J connectivity index is 3.28. The van der Waals surface area contributed by atoms with E-state index >= 15 is 0 Å². The first-order valence-corrected chi connectivity index (χ1v) is 6.19. The van der Waals surface area contributed by atoms with E-state index in [4.69, 9.17) is 11.6 Å². The molecule has 1 nitrogen and oxygen atoms in total. The Bertz CT molecular complexity index is 328. The van der Waals surface area contributed by atoms with Gasteiger partial charge in [-0.3, -0.25) is 4.79 Å². The standard InChI is InChI=1S/C9H7BrClIO/c1-5-2-6(12)3-7(11)9(5)8(13)4-10/h2-3H,4H2,1H3. The number of ketones is 1. The molecule has 0 aliphatic carbocycles. The molecule has 0 bridgehead atoms. The van der Waals surface area contributed by atoms with Crippen molar-refractivity contribution in [1.29, 1.82) is 0 Å². The lowest BCUT2D eigenvalue weighted by Crippen LogP contribution is -2.04. The summed E-state index contributed by atoms with van der Waals surface area (Å²) in [4.78, 5) is 11.4. The summed E-state index contributed by atoms with van der Waals surface area (Å²) in [7, 11) is 0. The molecule has 0 aliphatic rings. The van der Waals surface area contributed by atoms with E-state index < -0.39 is 0 Å². The highest BCUT2D eigenvalue weighted by Crippen LogP contribution is 2.24. The van der Waals surface area contributed by atoms with Crippen molar-refractivity contribution in [3.05, 3.63) is 31.9 Å². The Morgan fingerprint density at radius 3 is 2.69 bits per heavy atom. The lowest BCUT2D eigenvalue weighted by Gasteiger charge is -2.05. The maximum atomic E-state index is 11.4. The van der Waals surface area contributed by atoms with E-state index in [1.54, 1.807) is 6.07 Å². The van der Waals surface area contributed by atoms with Crippen molar-refractivity contribution >= 4 is 55.9 Å². The van der Waals surface area contributed by atoms with E-state index in [2.05, 4.69) is 38.5 Å². The van der Waals surface area contributed by atoms with Crippen LogP contribution in [-0.4, -0.2) is 11.1 Å². The first-order valence-electron chi connectivity index (χ1n) is 3.61. The highest BCUT2D eigenvalue weighted by Gasteiger charge is 2.12. The lowest BCUT2D eigenvalue weighted by atomic mass is 10.1. The van der Waals surface area contributed by atoms with Crippen LogP contribution in [0.4, 0.5) is 0 Å². The third kappa shape index (κ3) is 2.67. The van der Waals surface area contributed by atoms with Crippen LogP contribution in [0.5, 0.6) is 0 Å². The van der Waals surface area contributed by atoms with Gasteiger partial charge in [0.15, 0.2) is 5.78 Å². The van der Waals surface area contributed by atoms with Crippen molar-refractivity contribution in [2.75, 3.05) is 5.33 Å². The molecule has 0 N–H and O–H groups in total. The molecule has 0 radical (unpaired) electrons. The first-order chi connectivity index (χ1) is 6.06. The van der Waals surface area contributed by atoms with Gasteiger partial charge in [-0.2, -0.15) is 0 Å². The maximum Gasteiger partial charge on any atom is 0.175 e. The summed E-state index contributed by atoms with van der Waals surface area (Å²) >= 11 is 11.3. The first kappa shape index (κ1) is 11.5. The van der Waals surface area contributed by atoms with Crippen LogP contribution in [0.25, 0.3) is 0 Å². The van der Waals surface area contributed by atoms with E-state index in [-0.39, 0.29) is 5.78 Å². The number of benzene rings is 1. The van der Waals surface area contributed by atoms with Crippen molar-refractivity contribution < 1.29 is 4.79 Å². The second-order valence-corrected chi connectivity index (χ2v) is 4.85. The second kappa shape index (κ2) is 4.75. The number of carbonyl (C=O) groups excluding carboxylic acids is 1. The average molecular weight is 373 g/mol. The highest BCUT2D eigenvalue weighted by molar-refractivity contribution is 14.1. The van der Waals surface area contributed by atoms with Crippen LogP contribution in [0, 0.1) is 10.5 Å². The number of hydrogen-bond acceptors (Lipinski definition) is 1. The van der Waals surface area contributed by atoms with Crippen LogP contribution in [0.2, 0.25) is 5.02 Å². The zero-order valence-electron chi connectivity index (χ0n) is 6.90. The summed E-state index contributed by atoms with van der Waals surface area (Å²) in [6.45, 7) is 1.89. The van der Waals surface area contributed by atoms with Gasteiger partial charge >= 0.3 is 0 Å². The molecule has 0 heterocycles. The van der Waals surface area contributed by atoms with Crippen molar-refractivity contribution in [3.63, 3.8) is 0 Å². The maximum absolute atomic E-state index is 11.4. The summed E-state index contributed by atoms with van der Waals surface area (Å²) < 4.78 is 1.05. The minimum absolute atomic E-state index is 0.0268. The van der Waals surface area contributed by atoms with Gasteiger partial charge in [0, 0.05) is 9.13 Å². The minimum Gasteiger partial charge on any atom is -0.293 e. The van der Waals surface area contributed by atoms with Crippen LogP contribution in [0.15, 0.2) is 12.1 Å². The Morgan fingerprint density at radius 2 is 2.23 bits per heavy atom. The number of carbonyl (C=O) groups is 1. The molecular formula is C9H7BrClIO. The fourth-order valence-corrected chi connectivity index (χ4v) is 2.74. The highest BCUT2D eigenvalue weighted by atomic mass is 127. The van der Waals surface area contributed by atoms with Crippen LogP contribution in [0.1, 0.15) is 15.9 Å². The fourth-order valence-electron chi connectivity index (χ4n) is 1.12. The molecule has 0 atom stereocenters. The Hall–Kier alpha value is 0.390. The Labute approximate surface area is 104 Å². The average Bonchev–Trinajstić information content (AvgIpc) is 2.02.